The maximum atomic E-state index is 11.0. The van der Waals surface area contributed by atoms with Crippen LogP contribution in [-0.2, 0) is 9.84 Å². The van der Waals surface area contributed by atoms with Crippen molar-refractivity contribution in [1.29, 1.82) is 0 Å². The molecule has 0 saturated heterocycles. The van der Waals surface area contributed by atoms with Crippen LogP contribution in [0, 0.1) is 6.92 Å². The molecule has 19 heavy (non-hydrogen) atoms. The number of fused-ring (bicyclic) bond motifs is 1. The third-order valence-electron chi connectivity index (χ3n) is 2.52. The van der Waals surface area contributed by atoms with Crippen molar-refractivity contribution < 1.29 is 8.42 Å². The zero-order valence-corrected chi connectivity index (χ0v) is 12.4. The van der Waals surface area contributed by atoms with Crippen molar-refractivity contribution in [3.05, 3.63) is 10.9 Å². The quantitative estimate of drug-likeness (QED) is 0.811. The molecule has 0 aliphatic heterocycles. The van der Waals surface area contributed by atoms with Crippen molar-refractivity contribution >= 4 is 43.2 Å². The van der Waals surface area contributed by atoms with E-state index in [4.69, 9.17) is 5.73 Å². The Morgan fingerprint density at radius 2 is 2.16 bits per heavy atom. The Bertz CT molecular complexity index is 694. The molecular formula is C11H16N4O2S2. The van der Waals surface area contributed by atoms with Crippen LogP contribution in [0.3, 0.4) is 0 Å². The second-order valence-electron chi connectivity index (χ2n) is 4.42. The Morgan fingerprint density at radius 3 is 2.84 bits per heavy atom. The number of aryl methyl sites for hydroxylation is 1. The monoisotopic (exact) mass is 300 g/mol. The van der Waals surface area contributed by atoms with Crippen LogP contribution in [0.15, 0.2) is 6.07 Å². The third kappa shape index (κ3) is 3.77. The van der Waals surface area contributed by atoms with Crippen LogP contribution in [0.2, 0.25) is 0 Å². The summed E-state index contributed by atoms with van der Waals surface area (Å²) in [7, 11) is -2.92. The molecule has 3 N–H and O–H groups in total. The largest absolute Gasteiger partial charge is 0.369 e. The summed E-state index contributed by atoms with van der Waals surface area (Å²) in [6.07, 6.45) is 1.77. The Labute approximate surface area is 116 Å². The maximum Gasteiger partial charge on any atom is 0.223 e. The van der Waals surface area contributed by atoms with Gasteiger partial charge in [0.1, 0.15) is 20.5 Å². The third-order valence-corrected chi connectivity index (χ3v) is 4.49. The van der Waals surface area contributed by atoms with Crippen molar-refractivity contribution in [2.24, 2.45) is 0 Å². The number of hydrogen-bond acceptors (Lipinski definition) is 7. The summed E-state index contributed by atoms with van der Waals surface area (Å²) < 4.78 is 22.1. The fourth-order valence-corrected chi connectivity index (χ4v) is 3.29. The molecule has 0 aliphatic rings. The van der Waals surface area contributed by atoms with Gasteiger partial charge in [-0.15, -0.1) is 11.3 Å². The second kappa shape index (κ2) is 5.30. The number of anilines is 2. The number of aromatic nitrogens is 2. The minimum atomic E-state index is -2.92. The molecule has 0 fully saturated rings. The summed E-state index contributed by atoms with van der Waals surface area (Å²) in [5.74, 6) is 1.05. The van der Waals surface area contributed by atoms with Gasteiger partial charge in [-0.05, 0) is 19.4 Å². The molecule has 0 bridgehead atoms. The van der Waals surface area contributed by atoms with Gasteiger partial charge in [-0.1, -0.05) is 0 Å². The van der Waals surface area contributed by atoms with Gasteiger partial charge in [0, 0.05) is 17.7 Å². The first kappa shape index (κ1) is 14.0. The van der Waals surface area contributed by atoms with E-state index >= 15 is 0 Å². The van der Waals surface area contributed by atoms with Gasteiger partial charge in [-0.25, -0.2) is 13.4 Å². The summed E-state index contributed by atoms with van der Waals surface area (Å²) in [5.41, 5.74) is 5.66. The van der Waals surface area contributed by atoms with Crippen molar-refractivity contribution in [3.8, 4) is 0 Å². The van der Waals surface area contributed by atoms with Crippen LogP contribution in [0.25, 0.3) is 10.2 Å². The molecule has 2 aromatic heterocycles. The van der Waals surface area contributed by atoms with E-state index in [9.17, 15) is 8.42 Å². The summed E-state index contributed by atoms with van der Waals surface area (Å²) in [6.45, 7) is 2.53. The molecule has 0 aliphatic carbocycles. The van der Waals surface area contributed by atoms with Crippen LogP contribution in [0.4, 0.5) is 11.8 Å². The zero-order chi connectivity index (χ0) is 14.0. The molecule has 0 aromatic carbocycles. The van der Waals surface area contributed by atoms with Crippen LogP contribution < -0.4 is 11.1 Å². The average Bonchev–Trinajstić information content (AvgIpc) is 2.63. The van der Waals surface area contributed by atoms with Crippen molar-refractivity contribution in [3.63, 3.8) is 0 Å². The topological polar surface area (TPSA) is 98.0 Å². The van der Waals surface area contributed by atoms with E-state index < -0.39 is 9.84 Å². The SMILES string of the molecule is Cc1cc2c(NCCCS(C)(=O)=O)nc(N)nc2s1. The first-order chi connectivity index (χ1) is 8.85. The lowest BCUT2D eigenvalue weighted by Gasteiger charge is -2.06. The lowest BCUT2D eigenvalue weighted by Crippen LogP contribution is -2.11. The summed E-state index contributed by atoms with van der Waals surface area (Å²) in [4.78, 5) is 10.3. The Kier molecular flexibility index (Phi) is 3.91. The summed E-state index contributed by atoms with van der Waals surface area (Å²) >= 11 is 1.56. The highest BCUT2D eigenvalue weighted by Crippen LogP contribution is 2.28. The van der Waals surface area contributed by atoms with Gasteiger partial charge in [-0.3, -0.25) is 0 Å². The van der Waals surface area contributed by atoms with Crippen LogP contribution >= 0.6 is 11.3 Å². The van der Waals surface area contributed by atoms with Gasteiger partial charge < -0.3 is 11.1 Å². The van der Waals surface area contributed by atoms with Gasteiger partial charge in [0.2, 0.25) is 5.95 Å². The molecule has 2 heterocycles. The van der Waals surface area contributed by atoms with Gasteiger partial charge in [0.25, 0.3) is 0 Å². The standard InChI is InChI=1S/C11H16N4O2S2/c1-7-6-8-9(13-4-3-5-19(2,16)17)14-11(12)15-10(8)18-7/h6H,3-5H2,1-2H3,(H3,12,13,14,15). The van der Waals surface area contributed by atoms with Crippen LogP contribution in [0.1, 0.15) is 11.3 Å². The zero-order valence-electron chi connectivity index (χ0n) is 10.8. The molecular weight excluding hydrogens is 284 g/mol. The number of nitrogen functional groups attached to an aromatic ring is 1. The molecule has 0 atom stereocenters. The predicted molar refractivity (Wildman–Crippen MR) is 79.4 cm³/mol. The fourth-order valence-electron chi connectivity index (χ4n) is 1.73. The fraction of sp³-hybridized carbons (Fsp3) is 0.455. The summed E-state index contributed by atoms with van der Waals surface area (Å²) in [5, 5.41) is 4.05. The Morgan fingerprint density at radius 1 is 1.42 bits per heavy atom. The normalized spacial score (nSPS) is 11.9. The molecule has 0 saturated carbocycles. The Balaban J connectivity index is 2.11. The molecule has 6 nitrogen and oxygen atoms in total. The first-order valence-corrected chi connectivity index (χ1v) is 8.68. The van der Waals surface area contributed by atoms with E-state index in [0.29, 0.717) is 18.8 Å². The van der Waals surface area contributed by atoms with E-state index in [1.165, 1.54) is 6.26 Å². The summed E-state index contributed by atoms with van der Waals surface area (Å²) in [6, 6.07) is 2.00. The molecule has 2 rings (SSSR count). The lowest BCUT2D eigenvalue weighted by atomic mass is 10.3. The van der Waals surface area contributed by atoms with E-state index in [0.717, 1.165) is 15.1 Å². The van der Waals surface area contributed by atoms with Gasteiger partial charge in [0.15, 0.2) is 0 Å². The van der Waals surface area contributed by atoms with E-state index in [2.05, 4.69) is 15.3 Å². The Hall–Kier alpha value is -1.41. The molecule has 0 spiro atoms. The number of thiophene rings is 1. The smallest absolute Gasteiger partial charge is 0.223 e. The molecule has 2 aromatic rings. The molecule has 104 valence electrons. The highest BCUT2D eigenvalue weighted by atomic mass is 32.2. The molecule has 0 amide bonds. The minimum absolute atomic E-state index is 0.159. The number of nitrogens with two attached hydrogens (primary N) is 1. The number of nitrogens with one attached hydrogen (secondary N) is 1. The molecule has 0 radical (unpaired) electrons. The molecule has 0 unspecified atom stereocenters. The predicted octanol–water partition coefficient (Wildman–Crippen LogP) is 1.43. The van der Waals surface area contributed by atoms with Crippen molar-refractivity contribution in [1.82, 2.24) is 9.97 Å². The average molecular weight is 300 g/mol. The van der Waals surface area contributed by atoms with Crippen molar-refractivity contribution in [2.45, 2.75) is 13.3 Å². The number of nitrogens with zero attached hydrogens (tertiary/aromatic N) is 2. The second-order valence-corrected chi connectivity index (χ2v) is 7.91. The van der Waals surface area contributed by atoms with Crippen molar-refractivity contribution in [2.75, 3.05) is 29.6 Å². The first-order valence-electron chi connectivity index (χ1n) is 5.80. The van der Waals surface area contributed by atoms with Crippen LogP contribution in [0.5, 0.6) is 0 Å². The minimum Gasteiger partial charge on any atom is -0.369 e. The molecule has 8 heteroatoms. The van der Waals surface area contributed by atoms with E-state index in [1.54, 1.807) is 11.3 Å². The van der Waals surface area contributed by atoms with Crippen LogP contribution in [-0.4, -0.2) is 36.9 Å². The number of hydrogen-bond donors (Lipinski definition) is 2. The van der Waals surface area contributed by atoms with Gasteiger partial charge in [0.05, 0.1) is 11.1 Å². The van der Waals surface area contributed by atoms with E-state index in [1.807, 2.05) is 13.0 Å². The van der Waals surface area contributed by atoms with E-state index in [-0.39, 0.29) is 11.7 Å². The number of sulfone groups is 1. The lowest BCUT2D eigenvalue weighted by molar-refractivity contribution is 0.600. The van der Waals surface area contributed by atoms with Gasteiger partial charge >= 0.3 is 0 Å². The van der Waals surface area contributed by atoms with Gasteiger partial charge in [-0.2, -0.15) is 4.98 Å². The highest BCUT2D eigenvalue weighted by Gasteiger charge is 2.09. The number of rotatable bonds is 5. The maximum absolute atomic E-state index is 11.0. The highest BCUT2D eigenvalue weighted by molar-refractivity contribution is 7.90.